The highest BCUT2D eigenvalue weighted by Gasteiger charge is 2.34. The van der Waals surface area contributed by atoms with Gasteiger partial charge in [0.1, 0.15) is 0 Å². The third-order valence-corrected chi connectivity index (χ3v) is 11.5. The summed E-state index contributed by atoms with van der Waals surface area (Å²) >= 11 is -5.99. The van der Waals surface area contributed by atoms with Gasteiger partial charge < -0.3 is 13.7 Å². The Balaban J connectivity index is 4.74. The lowest BCUT2D eigenvalue weighted by molar-refractivity contribution is 0.533. The Labute approximate surface area is 166 Å². The molecule has 0 bridgehead atoms. The first-order valence-corrected chi connectivity index (χ1v) is 15.6. The van der Waals surface area contributed by atoms with Gasteiger partial charge in [-0.1, -0.05) is 46.6 Å². The molecule has 0 aliphatic heterocycles. The van der Waals surface area contributed by atoms with E-state index in [1.807, 2.05) is 0 Å². The van der Waals surface area contributed by atoms with Crippen molar-refractivity contribution in [3.8, 4) is 0 Å². The number of rotatable bonds is 18. The van der Waals surface area contributed by atoms with Crippen LogP contribution in [0.25, 0.3) is 0 Å². The Hall–Kier alpha value is 0.760. The van der Waals surface area contributed by atoms with E-state index in [2.05, 4.69) is 6.92 Å². The lowest BCUT2D eigenvalue weighted by atomic mass is 10.4. The van der Waals surface area contributed by atoms with Crippen LogP contribution in [0.15, 0.2) is 0 Å². The Morgan fingerprint density at radius 1 is 0.577 bits per heavy atom. The Morgan fingerprint density at radius 2 is 0.885 bits per heavy atom. The molecule has 0 fully saturated rings. The third kappa shape index (κ3) is 15.8. The molecule has 3 atom stereocenters. The smallest absolute Gasteiger partial charge is 0.0594 e. The van der Waals surface area contributed by atoms with E-state index < -0.39 is 40.5 Å². The average Bonchev–Trinajstić information content (AvgIpc) is 2.57. The summed E-state index contributed by atoms with van der Waals surface area (Å²) in [6.07, 6.45) is 11.1. The molecule has 0 heterocycles. The summed E-state index contributed by atoms with van der Waals surface area (Å²) in [5.74, 6) is 0.578. The van der Waals surface area contributed by atoms with E-state index in [1.54, 1.807) is 0 Å². The molecule has 0 radical (unpaired) electrons. The van der Waals surface area contributed by atoms with Gasteiger partial charge in [0.15, 0.2) is 0 Å². The summed E-state index contributed by atoms with van der Waals surface area (Å²) in [5, 5.41) is 0. The van der Waals surface area contributed by atoms with Gasteiger partial charge >= 0.3 is 0 Å². The van der Waals surface area contributed by atoms with E-state index in [0.717, 1.165) is 56.8 Å². The molecular formula is C16H33O6PS3-2. The van der Waals surface area contributed by atoms with Gasteiger partial charge in [-0.15, -0.1) is 0 Å². The van der Waals surface area contributed by atoms with Crippen molar-refractivity contribution in [3.63, 3.8) is 0 Å². The molecule has 0 aliphatic rings. The topological polar surface area (TPSA) is 120 Å². The first-order valence-electron chi connectivity index (χ1n) is 9.34. The van der Waals surface area contributed by atoms with E-state index in [4.69, 9.17) is 0 Å². The molecule has 10 heteroatoms. The Bertz CT molecular complexity index is 381. The molecular weight excluding hydrogens is 415 g/mol. The van der Waals surface area contributed by atoms with Crippen molar-refractivity contribution >= 4 is 40.5 Å². The molecule has 0 aliphatic carbocycles. The predicted octanol–water partition coefficient (Wildman–Crippen LogP) is 2.78. The summed E-state index contributed by atoms with van der Waals surface area (Å²) in [5.41, 5.74) is 0. The molecule has 3 unspecified atom stereocenters. The zero-order valence-corrected chi connectivity index (χ0v) is 19.1. The standard InChI is InChI=1S/C16H35O6PS3/c1-2-3-10-23(11-4-7-14-24(17)18,12-5-8-15-25(19)20)13-6-9-16-26(21)22/h2-16H2,1H3,(H2-,17,18,19,20,21,22)/p-2. The monoisotopic (exact) mass is 448 g/mol. The zero-order valence-electron chi connectivity index (χ0n) is 15.7. The lowest BCUT2D eigenvalue weighted by Crippen LogP contribution is -2.14. The molecule has 26 heavy (non-hydrogen) atoms. The van der Waals surface area contributed by atoms with E-state index >= 15 is 0 Å². The van der Waals surface area contributed by atoms with Crippen molar-refractivity contribution in [1.82, 2.24) is 0 Å². The highest BCUT2D eigenvalue weighted by molar-refractivity contribution is 7.79. The minimum absolute atomic E-state index is 0.193. The van der Waals surface area contributed by atoms with Crippen molar-refractivity contribution in [1.29, 1.82) is 0 Å². The van der Waals surface area contributed by atoms with Crippen LogP contribution in [-0.2, 0) is 33.2 Å². The van der Waals surface area contributed by atoms with Crippen LogP contribution in [-0.4, -0.2) is 68.2 Å². The van der Waals surface area contributed by atoms with Crippen molar-refractivity contribution in [3.05, 3.63) is 0 Å². The summed E-state index contributed by atoms with van der Waals surface area (Å²) < 4.78 is 64.4. The first-order chi connectivity index (χ1) is 12.3. The van der Waals surface area contributed by atoms with Gasteiger partial charge in [-0.3, -0.25) is 12.6 Å². The minimum Gasteiger partial charge on any atom is -0.772 e. The van der Waals surface area contributed by atoms with Gasteiger partial charge in [0.2, 0.25) is 0 Å². The normalized spacial score (nSPS) is 17.5. The van der Waals surface area contributed by atoms with E-state index in [1.165, 1.54) is 0 Å². The molecule has 0 aromatic rings. The second-order valence-corrected chi connectivity index (χ2v) is 14.3. The quantitative estimate of drug-likeness (QED) is 0.181. The van der Waals surface area contributed by atoms with Crippen molar-refractivity contribution < 1.29 is 26.3 Å². The molecule has 0 rings (SSSR count). The van der Waals surface area contributed by atoms with Gasteiger partial charge in [0, 0.05) is 24.5 Å². The molecule has 0 amide bonds. The van der Waals surface area contributed by atoms with Gasteiger partial charge in [-0.2, -0.15) is 0 Å². The molecule has 158 valence electrons. The second-order valence-electron chi connectivity index (χ2n) is 6.73. The van der Waals surface area contributed by atoms with Crippen LogP contribution in [0.5, 0.6) is 0 Å². The lowest BCUT2D eigenvalue weighted by Gasteiger charge is -2.28. The van der Waals surface area contributed by atoms with Crippen LogP contribution in [0.1, 0.15) is 58.3 Å². The van der Waals surface area contributed by atoms with E-state index in [9.17, 15) is 26.3 Å². The molecule has 6 nitrogen and oxygen atoms in total. The maximum absolute atomic E-state index is 10.7. The van der Waals surface area contributed by atoms with Crippen molar-refractivity contribution in [2.75, 3.05) is 41.9 Å². The maximum Gasteiger partial charge on any atom is 0.0594 e. The fraction of sp³-hybridized carbons (Fsp3) is 1.00. The van der Waals surface area contributed by atoms with E-state index in [0.29, 0.717) is 19.3 Å². The van der Waals surface area contributed by atoms with Crippen molar-refractivity contribution in [2.45, 2.75) is 58.3 Å². The van der Waals surface area contributed by atoms with Crippen LogP contribution in [0.4, 0.5) is 0 Å². The molecule has 0 aromatic carbocycles. The largest absolute Gasteiger partial charge is 0.772 e. The molecule has 0 spiro atoms. The third-order valence-electron chi connectivity index (χ3n) is 4.57. The molecule has 0 aromatic heterocycles. The minimum atomic E-state index is -2.00. The average molecular weight is 449 g/mol. The second kappa shape index (κ2) is 16.7. The van der Waals surface area contributed by atoms with Crippen LogP contribution >= 0.6 is 7.26 Å². The summed E-state index contributed by atoms with van der Waals surface area (Å²) in [4.78, 5) is 0. The van der Waals surface area contributed by atoms with Crippen LogP contribution in [0.3, 0.4) is 0 Å². The summed E-state index contributed by atoms with van der Waals surface area (Å²) in [6, 6.07) is 0. The Kier molecular flexibility index (Phi) is 17.2. The van der Waals surface area contributed by atoms with Crippen LogP contribution in [0, 0.1) is 0 Å². The number of unbranched alkanes of at least 4 members (excludes halogenated alkanes) is 4. The fourth-order valence-electron chi connectivity index (χ4n) is 3.17. The molecule has 0 saturated carbocycles. The van der Waals surface area contributed by atoms with E-state index in [-0.39, 0.29) is 17.3 Å². The van der Waals surface area contributed by atoms with Gasteiger partial charge in [-0.25, -0.2) is 0 Å². The Morgan fingerprint density at radius 3 is 1.15 bits per heavy atom. The van der Waals surface area contributed by atoms with Crippen LogP contribution in [0.2, 0.25) is 0 Å². The van der Waals surface area contributed by atoms with Crippen molar-refractivity contribution in [2.24, 2.45) is 0 Å². The summed E-state index contributed by atoms with van der Waals surface area (Å²) in [7, 11) is -1.30. The number of hydrogen-bond acceptors (Lipinski definition) is 6. The SMILES string of the molecule is CCCC[P+](CCCCS(=O)[O-])(CCCCS(=O)[O-])CCCCS(=O)[O-]. The predicted molar refractivity (Wildman–Crippen MR) is 110 cm³/mol. The molecule has 0 saturated heterocycles. The van der Waals surface area contributed by atoms with Gasteiger partial charge in [-0.05, 0) is 44.9 Å². The highest BCUT2D eigenvalue weighted by Crippen LogP contribution is 2.61. The van der Waals surface area contributed by atoms with Gasteiger partial charge in [0.25, 0.3) is 0 Å². The first kappa shape index (κ1) is 26.8. The molecule has 0 N–H and O–H groups in total. The fourth-order valence-corrected chi connectivity index (χ4v) is 9.50. The van der Waals surface area contributed by atoms with Crippen LogP contribution < -0.4 is 0 Å². The zero-order chi connectivity index (χ0) is 19.8. The maximum atomic E-state index is 10.7. The van der Waals surface area contributed by atoms with Gasteiger partial charge in [0.05, 0.1) is 24.6 Å². The highest BCUT2D eigenvalue weighted by atomic mass is 32.2. The number of hydrogen-bond donors (Lipinski definition) is 0. The summed E-state index contributed by atoms with van der Waals surface area (Å²) in [6.45, 7) is 2.15.